The Hall–Kier alpha value is -2.92. The molecule has 142 valence electrons. The number of fused-ring (bicyclic) bond motifs is 2. The normalized spacial score (nSPS) is 14.9. The van der Waals surface area contributed by atoms with Crippen LogP contribution in [-0.4, -0.2) is 32.4 Å². The highest BCUT2D eigenvalue weighted by Gasteiger charge is 2.15. The van der Waals surface area contributed by atoms with Gasteiger partial charge in [-0.2, -0.15) is 0 Å². The van der Waals surface area contributed by atoms with Gasteiger partial charge in [-0.3, -0.25) is 9.88 Å². The zero-order valence-corrected chi connectivity index (χ0v) is 16.1. The van der Waals surface area contributed by atoms with Crippen molar-refractivity contribution in [2.45, 2.75) is 32.9 Å². The second-order valence-corrected chi connectivity index (χ2v) is 7.52. The van der Waals surface area contributed by atoms with Crippen LogP contribution in [0.3, 0.4) is 0 Å². The van der Waals surface area contributed by atoms with Crippen LogP contribution in [0.1, 0.15) is 29.8 Å². The van der Waals surface area contributed by atoms with E-state index in [1.165, 1.54) is 36.9 Å². The number of benzene rings is 1. The van der Waals surface area contributed by atoms with E-state index < -0.39 is 0 Å². The van der Waals surface area contributed by atoms with Gasteiger partial charge in [0.25, 0.3) is 0 Å². The summed E-state index contributed by atoms with van der Waals surface area (Å²) in [5.41, 5.74) is 5.27. The lowest BCUT2D eigenvalue weighted by molar-refractivity contribution is 0.304. The van der Waals surface area contributed by atoms with Crippen LogP contribution in [0.15, 0.2) is 54.9 Å². The van der Waals surface area contributed by atoms with Gasteiger partial charge in [0.05, 0.1) is 5.69 Å². The molecular weight excluding hydrogens is 348 g/mol. The van der Waals surface area contributed by atoms with Crippen molar-refractivity contribution in [1.29, 1.82) is 0 Å². The maximum Gasteiger partial charge on any atom is 0.146 e. The number of aromatic nitrogens is 3. The Morgan fingerprint density at radius 1 is 1.04 bits per heavy atom. The molecule has 0 bridgehead atoms. The van der Waals surface area contributed by atoms with E-state index in [1.807, 2.05) is 30.6 Å². The van der Waals surface area contributed by atoms with Gasteiger partial charge in [-0.1, -0.05) is 18.2 Å². The summed E-state index contributed by atoms with van der Waals surface area (Å²) in [6.45, 7) is 5.86. The highest BCUT2D eigenvalue weighted by Crippen LogP contribution is 2.29. The average molecular weight is 372 g/mol. The molecule has 0 unspecified atom stereocenters. The number of rotatable bonds is 5. The number of nitrogens with zero attached hydrogens (tertiary/aromatic N) is 4. The minimum absolute atomic E-state index is 0.429. The molecule has 0 aliphatic carbocycles. The van der Waals surface area contributed by atoms with E-state index in [4.69, 9.17) is 4.74 Å². The van der Waals surface area contributed by atoms with Gasteiger partial charge in [-0.05, 0) is 62.7 Å². The third kappa shape index (κ3) is 3.22. The molecule has 0 radical (unpaired) electrons. The van der Waals surface area contributed by atoms with E-state index in [0.717, 1.165) is 34.8 Å². The molecule has 0 atom stereocenters. The Labute approximate surface area is 164 Å². The third-order valence-corrected chi connectivity index (χ3v) is 5.54. The Morgan fingerprint density at radius 3 is 2.79 bits per heavy atom. The average Bonchev–Trinajstić information content (AvgIpc) is 3.37. The molecule has 5 heteroatoms. The Balaban J connectivity index is 1.41. The summed E-state index contributed by atoms with van der Waals surface area (Å²) in [5, 5.41) is 1.18. The van der Waals surface area contributed by atoms with Gasteiger partial charge in [0, 0.05) is 30.0 Å². The van der Waals surface area contributed by atoms with Crippen molar-refractivity contribution in [3.8, 4) is 5.75 Å². The molecule has 3 aromatic heterocycles. The number of likely N-dealkylation sites (tertiary alicyclic amines) is 1. The number of aryl methyl sites for hydroxylation is 1. The van der Waals surface area contributed by atoms with Crippen molar-refractivity contribution in [2.24, 2.45) is 0 Å². The Bertz CT molecular complexity index is 1130. The van der Waals surface area contributed by atoms with Crippen molar-refractivity contribution in [3.63, 3.8) is 0 Å². The van der Waals surface area contributed by atoms with E-state index in [2.05, 4.69) is 50.5 Å². The molecule has 5 rings (SSSR count). The van der Waals surface area contributed by atoms with Crippen molar-refractivity contribution < 1.29 is 4.74 Å². The largest absolute Gasteiger partial charge is 0.485 e. The lowest BCUT2D eigenvalue weighted by Gasteiger charge is -2.17. The molecule has 1 fully saturated rings. The summed E-state index contributed by atoms with van der Waals surface area (Å²) < 4.78 is 8.24. The third-order valence-electron chi connectivity index (χ3n) is 5.54. The number of hydrogen-bond donors (Lipinski definition) is 0. The fourth-order valence-corrected chi connectivity index (χ4v) is 4.06. The fourth-order valence-electron chi connectivity index (χ4n) is 4.06. The fraction of sp³-hybridized carbons (Fsp3) is 0.304. The maximum atomic E-state index is 6.15. The molecule has 4 heterocycles. The van der Waals surface area contributed by atoms with Gasteiger partial charge in [-0.15, -0.1) is 0 Å². The van der Waals surface area contributed by atoms with Crippen molar-refractivity contribution >= 4 is 16.6 Å². The summed E-state index contributed by atoms with van der Waals surface area (Å²) in [5.74, 6) is 0.814. The van der Waals surface area contributed by atoms with Crippen molar-refractivity contribution in [1.82, 2.24) is 19.3 Å². The van der Waals surface area contributed by atoms with E-state index in [0.29, 0.717) is 6.61 Å². The van der Waals surface area contributed by atoms with Crippen LogP contribution in [0.5, 0.6) is 5.75 Å². The standard InChI is InChI=1S/C23H24N4O/c1-17-6-4-8-22-25-19(15-27(17)22)16-28-21-10-9-18(14-26-12-2-3-13-26)20-7-5-11-24-23(20)21/h4-11,15H,2-3,12-14,16H2,1H3. The van der Waals surface area contributed by atoms with Crippen LogP contribution in [0.2, 0.25) is 0 Å². The topological polar surface area (TPSA) is 42.7 Å². The minimum Gasteiger partial charge on any atom is -0.485 e. The summed E-state index contributed by atoms with van der Waals surface area (Å²) in [4.78, 5) is 11.8. The van der Waals surface area contributed by atoms with Gasteiger partial charge in [0.1, 0.15) is 23.5 Å². The molecule has 4 aromatic rings. The monoisotopic (exact) mass is 372 g/mol. The predicted octanol–water partition coefficient (Wildman–Crippen LogP) is 4.37. The second kappa shape index (κ2) is 7.24. The molecule has 1 aliphatic heterocycles. The van der Waals surface area contributed by atoms with E-state index in [1.54, 1.807) is 0 Å². The summed E-state index contributed by atoms with van der Waals surface area (Å²) in [7, 11) is 0. The second-order valence-electron chi connectivity index (χ2n) is 7.52. The van der Waals surface area contributed by atoms with Gasteiger partial charge in [0.15, 0.2) is 0 Å². The van der Waals surface area contributed by atoms with E-state index in [9.17, 15) is 0 Å². The van der Waals surface area contributed by atoms with Crippen LogP contribution < -0.4 is 4.74 Å². The van der Waals surface area contributed by atoms with Crippen LogP contribution in [0, 0.1) is 6.92 Å². The van der Waals surface area contributed by atoms with Crippen LogP contribution in [0.4, 0.5) is 0 Å². The first kappa shape index (κ1) is 17.2. The van der Waals surface area contributed by atoms with E-state index in [-0.39, 0.29) is 0 Å². The summed E-state index contributed by atoms with van der Waals surface area (Å²) >= 11 is 0. The molecule has 1 aliphatic rings. The Kier molecular flexibility index (Phi) is 4.45. The summed E-state index contributed by atoms with van der Waals surface area (Å²) in [6, 6.07) is 14.5. The SMILES string of the molecule is Cc1cccc2nc(COc3ccc(CN4CCCC4)c4cccnc34)cn12. The van der Waals surface area contributed by atoms with Gasteiger partial charge >= 0.3 is 0 Å². The lowest BCUT2D eigenvalue weighted by Crippen LogP contribution is -2.18. The summed E-state index contributed by atoms with van der Waals surface area (Å²) in [6.07, 6.45) is 6.48. The van der Waals surface area contributed by atoms with Gasteiger partial charge < -0.3 is 9.14 Å². The van der Waals surface area contributed by atoms with Gasteiger partial charge in [-0.25, -0.2) is 4.98 Å². The van der Waals surface area contributed by atoms with Crippen LogP contribution in [-0.2, 0) is 13.2 Å². The number of hydrogen-bond acceptors (Lipinski definition) is 4. The lowest BCUT2D eigenvalue weighted by atomic mass is 10.1. The highest BCUT2D eigenvalue weighted by molar-refractivity contribution is 5.87. The first-order valence-electron chi connectivity index (χ1n) is 9.93. The van der Waals surface area contributed by atoms with Crippen LogP contribution >= 0.6 is 0 Å². The smallest absolute Gasteiger partial charge is 0.146 e. The first-order chi connectivity index (χ1) is 13.8. The maximum absolute atomic E-state index is 6.15. The molecule has 0 saturated carbocycles. The number of pyridine rings is 2. The highest BCUT2D eigenvalue weighted by atomic mass is 16.5. The van der Waals surface area contributed by atoms with Gasteiger partial charge in [0.2, 0.25) is 0 Å². The number of imidazole rings is 1. The van der Waals surface area contributed by atoms with Crippen molar-refractivity contribution in [2.75, 3.05) is 13.1 Å². The van der Waals surface area contributed by atoms with Crippen molar-refractivity contribution in [3.05, 3.63) is 71.8 Å². The minimum atomic E-state index is 0.429. The number of ether oxygens (including phenoxy) is 1. The molecule has 0 amide bonds. The first-order valence-corrected chi connectivity index (χ1v) is 9.93. The van der Waals surface area contributed by atoms with E-state index >= 15 is 0 Å². The molecule has 0 spiro atoms. The molecular formula is C23H24N4O. The Morgan fingerprint density at radius 2 is 1.93 bits per heavy atom. The molecule has 1 saturated heterocycles. The molecule has 28 heavy (non-hydrogen) atoms. The molecule has 1 aromatic carbocycles. The molecule has 0 N–H and O–H groups in total. The zero-order valence-electron chi connectivity index (χ0n) is 16.1. The van der Waals surface area contributed by atoms with Crippen LogP contribution in [0.25, 0.3) is 16.6 Å². The zero-order chi connectivity index (χ0) is 18.9. The quantitative estimate of drug-likeness (QED) is 0.522. The predicted molar refractivity (Wildman–Crippen MR) is 111 cm³/mol. The molecule has 5 nitrogen and oxygen atoms in total.